The molecule has 0 bridgehead atoms. The molecule has 34 heavy (non-hydrogen) atoms. The molecule has 0 saturated carbocycles. The first kappa shape index (κ1) is 22.0. The predicted molar refractivity (Wildman–Crippen MR) is 124 cm³/mol. The fraction of sp³-hybridized carbons (Fsp3) is 0.280. The number of likely N-dealkylation sites (N-methyl/N-ethyl adjacent to an activating group) is 1. The van der Waals surface area contributed by atoms with Crippen LogP contribution in [0.15, 0.2) is 42.0 Å². The van der Waals surface area contributed by atoms with Crippen LogP contribution in [0.2, 0.25) is 0 Å². The Bertz CT molecular complexity index is 1320. The highest BCUT2D eigenvalue weighted by Crippen LogP contribution is 2.44. The van der Waals surface area contributed by atoms with E-state index in [2.05, 4.69) is 4.99 Å². The highest BCUT2D eigenvalue weighted by atomic mass is 16.5. The fourth-order valence-corrected chi connectivity index (χ4v) is 4.45. The van der Waals surface area contributed by atoms with Gasteiger partial charge in [0.05, 0.1) is 17.6 Å². The first-order chi connectivity index (χ1) is 16.4. The largest absolute Gasteiger partial charge is 0.491 e. The number of imide groups is 1. The van der Waals surface area contributed by atoms with Crippen LogP contribution in [-0.2, 0) is 4.79 Å². The maximum atomic E-state index is 13.5. The molecule has 1 aliphatic carbocycles. The Morgan fingerprint density at radius 2 is 2.00 bits per heavy atom. The zero-order valence-corrected chi connectivity index (χ0v) is 18.8. The number of hydrogen-bond donors (Lipinski definition) is 2. The molecule has 0 fully saturated rings. The van der Waals surface area contributed by atoms with E-state index < -0.39 is 17.9 Å². The van der Waals surface area contributed by atoms with Crippen molar-refractivity contribution in [1.82, 2.24) is 9.80 Å². The first-order valence-electron chi connectivity index (χ1n) is 11.0. The van der Waals surface area contributed by atoms with Crippen LogP contribution in [0.1, 0.15) is 20.7 Å². The summed E-state index contributed by atoms with van der Waals surface area (Å²) in [6.45, 7) is 0.697. The van der Waals surface area contributed by atoms with Gasteiger partial charge in [-0.15, -0.1) is 0 Å². The van der Waals surface area contributed by atoms with Crippen LogP contribution in [0.3, 0.4) is 0 Å². The van der Waals surface area contributed by atoms with Gasteiger partial charge in [0.1, 0.15) is 24.2 Å². The van der Waals surface area contributed by atoms with Gasteiger partial charge in [-0.05, 0) is 32.3 Å². The van der Waals surface area contributed by atoms with Crippen LogP contribution in [0.4, 0.5) is 5.69 Å². The average Bonchev–Trinajstić information content (AvgIpc) is 3.09. The Balaban J connectivity index is 1.74. The molecule has 9 heteroatoms. The van der Waals surface area contributed by atoms with E-state index >= 15 is 0 Å². The predicted octanol–water partition coefficient (Wildman–Crippen LogP) is -0.0223. The maximum absolute atomic E-state index is 13.5. The summed E-state index contributed by atoms with van der Waals surface area (Å²) in [6.07, 6.45) is 5.27. The molecule has 3 aliphatic rings. The second kappa shape index (κ2) is 8.51. The lowest BCUT2D eigenvalue weighted by Crippen LogP contribution is -2.72. The molecule has 5 rings (SSSR count). The zero-order valence-electron chi connectivity index (χ0n) is 18.8. The van der Waals surface area contributed by atoms with Gasteiger partial charge in [0, 0.05) is 30.1 Å². The highest BCUT2D eigenvalue weighted by molar-refractivity contribution is 6.29. The molecule has 2 amide bonds. The van der Waals surface area contributed by atoms with Gasteiger partial charge in [0.25, 0.3) is 17.5 Å². The Kier molecular flexibility index (Phi) is 5.51. The Morgan fingerprint density at radius 3 is 2.74 bits per heavy atom. The van der Waals surface area contributed by atoms with Gasteiger partial charge in [0.15, 0.2) is 0 Å². The highest BCUT2D eigenvalue weighted by Gasteiger charge is 2.46. The van der Waals surface area contributed by atoms with E-state index in [1.54, 1.807) is 30.4 Å². The number of rotatable bonds is 7. The number of ether oxygens (including phenoxy) is 2. The number of nitrogens with zero attached hydrogens (tertiary/aromatic N) is 2. The molecule has 2 aliphatic heterocycles. The number of aliphatic hydroxyl groups is 1. The molecular weight excluding hydrogens is 438 g/mol. The summed E-state index contributed by atoms with van der Waals surface area (Å²) in [5.41, 5.74) is 2.07. The molecule has 9 nitrogen and oxygen atoms in total. The van der Waals surface area contributed by atoms with Gasteiger partial charge >= 0.3 is 0 Å². The quantitative estimate of drug-likeness (QED) is 0.440. The summed E-state index contributed by atoms with van der Waals surface area (Å²) < 4.78 is 11.8. The number of hydrogen-bond acceptors (Lipinski definition) is 7. The number of aliphatic hydroxyl groups excluding tert-OH is 1. The molecule has 0 spiro atoms. The lowest BCUT2D eigenvalue weighted by molar-refractivity contribution is -0.360. The van der Waals surface area contributed by atoms with Crippen molar-refractivity contribution < 1.29 is 34.0 Å². The zero-order chi connectivity index (χ0) is 24.0. The molecule has 1 atom stereocenters. The third-order valence-electron chi connectivity index (χ3n) is 6.07. The van der Waals surface area contributed by atoms with Crippen molar-refractivity contribution in [3.63, 3.8) is 0 Å². The second-order valence-electron chi connectivity index (χ2n) is 8.52. The van der Waals surface area contributed by atoms with Gasteiger partial charge < -0.3 is 19.5 Å². The van der Waals surface area contributed by atoms with Crippen molar-refractivity contribution in [2.45, 2.75) is 6.10 Å². The number of fused-ring (bicyclic) bond motifs is 7. The molecular formula is C25H24N3O6+. The Morgan fingerprint density at radius 1 is 1.21 bits per heavy atom. The summed E-state index contributed by atoms with van der Waals surface area (Å²) in [6, 6.07) is 5.24. The number of amides is 2. The third kappa shape index (κ3) is 3.41. The van der Waals surface area contributed by atoms with Crippen LogP contribution in [-0.4, -0.2) is 85.2 Å². The lowest BCUT2D eigenvalue weighted by atomic mass is 9.94. The SMILES string of the molecule is CN(C)CCN1C(=O)c2c3c(c4ccc(OCCO)cc4c2C1=O)[NH+]=C1C=CC=C(C=O)C1O3. The van der Waals surface area contributed by atoms with Crippen molar-refractivity contribution in [3.8, 4) is 11.5 Å². The van der Waals surface area contributed by atoms with E-state index in [-0.39, 0.29) is 36.6 Å². The van der Waals surface area contributed by atoms with E-state index in [0.29, 0.717) is 40.0 Å². The number of nitrogens with one attached hydrogen (secondary N) is 1. The van der Waals surface area contributed by atoms with Gasteiger partial charge in [0.2, 0.25) is 17.6 Å². The lowest BCUT2D eigenvalue weighted by Gasteiger charge is -2.24. The van der Waals surface area contributed by atoms with Crippen LogP contribution in [0.25, 0.3) is 10.8 Å². The minimum Gasteiger partial charge on any atom is -0.491 e. The molecule has 1 unspecified atom stereocenters. The van der Waals surface area contributed by atoms with Gasteiger partial charge in [-0.2, -0.15) is 0 Å². The number of allylic oxidation sites excluding steroid dienone is 2. The number of aldehydes is 1. The van der Waals surface area contributed by atoms with E-state index in [1.165, 1.54) is 4.90 Å². The fourth-order valence-electron chi connectivity index (χ4n) is 4.45. The summed E-state index contributed by atoms with van der Waals surface area (Å²) in [4.78, 5) is 45.1. The van der Waals surface area contributed by atoms with Crippen molar-refractivity contribution in [2.75, 3.05) is 40.4 Å². The second-order valence-corrected chi connectivity index (χ2v) is 8.52. The van der Waals surface area contributed by atoms with Crippen LogP contribution >= 0.6 is 0 Å². The van der Waals surface area contributed by atoms with E-state index in [1.807, 2.05) is 25.1 Å². The number of carbonyl (C=O) groups excluding carboxylic acids is 3. The topological polar surface area (TPSA) is 110 Å². The summed E-state index contributed by atoms with van der Waals surface area (Å²) in [7, 11) is 3.74. The molecule has 0 saturated heterocycles. The van der Waals surface area contributed by atoms with Crippen LogP contribution < -0.4 is 14.5 Å². The first-order valence-corrected chi connectivity index (χ1v) is 11.0. The normalized spacial score (nSPS) is 18.4. The Hall–Kier alpha value is -3.82. The molecule has 174 valence electrons. The smallest absolute Gasteiger partial charge is 0.265 e. The molecule has 2 heterocycles. The average molecular weight is 462 g/mol. The molecule has 0 radical (unpaired) electrons. The van der Waals surface area contributed by atoms with Crippen LogP contribution in [0, 0.1) is 0 Å². The van der Waals surface area contributed by atoms with Crippen LogP contribution in [0.5, 0.6) is 11.5 Å². The Labute approximate surface area is 195 Å². The standard InChI is InChI=1S/C25H23N3O6/c1-27(2)8-9-28-24(31)19-17-12-15(33-11-10-29)6-7-16(17)21-23(20(19)25(28)32)34-22-14(13-30)4-3-5-18(22)26-21/h3-7,12-13,22,29H,8-11H2,1-2H3/p+1. The minimum atomic E-state index is -0.692. The summed E-state index contributed by atoms with van der Waals surface area (Å²) in [5, 5.41) is 10.4. The summed E-state index contributed by atoms with van der Waals surface area (Å²) in [5.74, 6) is -0.104. The van der Waals surface area contributed by atoms with E-state index in [9.17, 15) is 14.4 Å². The van der Waals surface area contributed by atoms with Gasteiger partial charge in [-0.1, -0.05) is 12.2 Å². The number of carbonyl (C=O) groups is 3. The van der Waals surface area contributed by atoms with Gasteiger partial charge in [-0.25, -0.2) is 4.99 Å². The minimum absolute atomic E-state index is 0.104. The monoisotopic (exact) mass is 462 g/mol. The maximum Gasteiger partial charge on any atom is 0.265 e. The molecule has 2 aromatic rings. The molecule has 2 N–H and O–H groups in total. The third-order valence-corrected chi connectivity index (χ3v) is 6.07. The van der Waals surface area contributed by atoms with Crippen molar-refractivity contribution >= 4 is 40.3 Å². The van der Waals surface area contributed by atoms with Gasteiger partial charge in [-0.3, -0.25) is 19.3 Å². The van der Waals surface area contributed by atoms with Crippen molar-refractivity contribution in [3.05, 3.63) is 53.1 Å². The van der Waals surface area contributed by atoms with E-state index in [0.717, 1.165) is 6.29 Å². The summed E-state index contributed by atoms with van der Waals surface area (Å²) >= 11 is 0. The van der Waals surface area contributed by atoms with E-state index in [4.69, 9.17) is 14.6 Å². The molecule has 0 aromatic heterocycles. The van der Waals surface area contributed by atoms with Crippen molar-refractivity contribution in [2.24, 2.45) is 0 Å². The van der Waals surface area contributed by atoms with Crippen molar-refractivity contribution in [1.29, 1.82) is 0 Å². The molecule has 2 aromatic carbocycles. The number of benzene rings is 2.